The number of carbonyl (C=O) groups excluding carboxylic acids is 1. The van der Waals surface area contributed by atoms with E-state index in [9.17, 15) is 22.0 Å². The van der Waals surface area contributed by atoms with Crippen molar-refractivity contribution in [1.82, 2.24) is 20.3 Å². The number of hydrogen-bond donors (Lipinski definition) is 2. The number of nitrogens with one attached hydrogen (secondary N) is 2. The first-order valence-corrected chi connectivity index (χ1v) is 13.3. The molecule has 0 unspecified atom stereocenters. The van der Waals surface area contributed by atoms with Gasteiger partial charge in [-0.15, -0.1) is 12.4 Å². The van der Waals surface area contributed by atoms with E-state index in [1.807, 2.05) is 25.9 Å². The van der Waals surface area contributed by atoms with Gasteiger partial charge < -0.3 is 15.5 Å². The second-order valence-electron chi connectivity index (χ2n) is 9.20. The highest BCUT2D eigenvalue weighted by molar-refractivity contribution is 7.91. The first-order chi connectivity index (χ1) is 17.6. The van der Waals surface area contributed by atoms with Crippen molar-refractivity contribution in [2.75, 3.05) is 24.3 Å². The molecule has 0 bridgehead atoms. The van der Waals surface area contributed by atoms with E-state index in [0.717, 1.165) is 36.4 Å². The molecule has 2 aromatic heterocycles. The monoisotopic (exact) mass is 566 g/mol. The minimum atomic E-state index is -4.36. The van der Waals surface area contributed by atoms with Gasteiger partial charge in [0.15, 0.2) is 16.7 Å². The Hall–Kier alpha value is -3.38. The van der Waals surface area contributed by atoms with E-state index in [1.165, 1.54) is 18.3 Å². The van der Waals surface area contributed by atoms with Crippen molar-refractivity contribution in [3.8, 4) is 0 Å². The molecule has 1 aromatic carbocycles. The number of sulfone groups is 1. The van der Waals surface area contributed by atoms with Crippen molar-refractivity contribution in [3.05, 3.63) is 65.5 Å². The summed E-state index contributed by atoms with van der Waals surface area (Å²) in [5.41, 5.74) is 0.820. The van der Waals surface area contributed by atoms with Crippen molar-refractivity contribution in [2.45, 2.75) is 54.6 Å². The molecule has 204 valence electrons. The van der Waals surface area contributed by atoms with Crippen LogP contribution in [0.1, 0.15) is 41.6 Å². The molecule has 1 amide bonds. The van der Waals surface area contributed by atoms with Crippen LogP contribution in [0.15, 0.2) is 52.6 Å². The number of nitrogens with zero attached hydrogens (tertiary/aromatic N) is 4. The highest BCUT2D eigenvalue weighted by atomic mass is 35.5. The lowest BCUT2D eigenvalue weighted by atomic mass is 9.91. The Balaban J connectivity index is 0.00000400. The maximum Gasteiger partial charge on any atom is 0.254 e. The molecule has 1 aliphatic carbocycles. The Bertz CT molecular complexity index is 1420. The lowest BCUT2D eigenvalue weighted by Gasteiger charge is -2.30. The maximum absolute atomic E-state index is 13.7. The van der Waals surface area contributed by atoms with Gasteiger partial charge in [-0.05, 0) is 62.9 Å². The molecular formula is C25H29ClF2N6O3S. The quantitative estimate of drug-likeness (QED) is 0.413. The number of benzene rings is 1. The lowest BCUT2D eigenvalue weighted by Crippen LogP contribution is -2.40. The third kappa shape index (κ3) is 6.36. The third-order valence-electron chi connectivity index (χ3n) is 6.24. The van der Waals surface area contributed by atoms with Crippen LogP contribution >= 0.6 is 12.4 Å². The van der Waals surface area contributed by atoms with Gasteiger partial charge in [-0.25, -0.2) is 27.2 Å². The normalized spacial score (nSPS) is 17.3. The summed E-state index contributed by atoms with van der Waals surface area (Å²) in [5.74, 6) is -1.69. The zero-order valence-electron chi connectivity index (χ0n) is 21.1. The highest BCUT2D eigenvalue weighted by Gasteiger charge is 2.29. The zero-order chi connectivity index (χ0) is 26.7. The number of halogens is 3. The van der Waals surface area contributed by atoms with E-state index in [0.29, 0.717) is 24.9 Å². The van der Waals surface area contributed by atoms with Gasteiger partial charge in [-0.2, -0.15) is 4.98 Å². The van der Waals surface area contributed by atoms with Crippen molar-refractivity contribution < 1.29 is 22.0 Å². The number of aryl methyl sites for hydroxylation is 1. The molecule has 0 spiro atoms. The summed E-state index contributed by atoms with van der Waals surface area (Å²) < 4.78 is 53.1. The average molecular weight is 567 g/mol. The molecule has 9 nitrogen and oxygen atoms in total. The second kappa shape index (κ2) is 12.0. The minimum absolute atomic E-state index is 0. The Labute approximate surface area is 226 Å². The van der Waals surface area contributed by atoms with Gasteiger partial charge in [0.1, 0.15) is 5.82 Å². The number of pyridine rings is 1. The summed E-state index contributed by atoms with van der Waals surface area (Å²) in [6, 6.07) is 5.00. The van der Waals surface area contributed by atoms with Gasteiger partial charge in [-0.1, -0.05) is 0 Å². The van der Waals surface area contributed by atoms with Crippen LogP contribution in [-0.2, 0) is 9.84 Å². The largest absolute Gasteiger partial charge is 0.362 e. The number of rotatable bonds is 7. The molecular weight excluding hydrogens is 538 g/mol. The molecule has 1 fully saturated rings. The number of aromatic nitrogens is 3. The topological polar surface area (TPSA) is 117 Å². The van der Waals surface area contributed by atoms with Gasteiger partial charge in [0.25, 0.3) is 5.91 Å². The summed E-state index contributed by atoms with van der Waals surface area (Å²) in [4.78, 5) is 27.3. The van der Waals surface area contributed by atoms with Crippen LogP contribution in [0.2, 0.25) is 0 Å². The number of anilines is 2. The summed E-state index contributed by atoms with van der Waals surface area (Å²) >= 11 is 0. The van der Waals surface area contributed by atoms with Crippen LogP contribution in [0, 0.1) is 18.6 Å². The van der Waals surface area contributed by atoms with Crippen molar-refractivity contribution in [3.63, 3.8) is 0 Å². The molecule has 2 N–H and O–H groups in total. The maximum atomic E-state index is 13.7. The fourth-order valence-corrected chi connectivity index (χ4v) is 5.70. The average Bonchev–Trinajstić information content (AvgIpc) is 2.87. The van der Waals surface area contributed by atoms with E-state index in [-0.39, 0.29) is 30.1 Å². The van der Waals surface area contributed by atoms with Crippen LogP contribution in [0.4, 0.5) is 20.5 Å². The molecule has 0 saturated heterocycles. The predicted molar refractivity (Wildman–Crippen MR) is 142 cm³/mol. The number of amides is 1. The standard InChI is InChI=1S/C25H28F2N6O3S.ClH/c1-15-14-29-25(32-22(15)33(2)3)31-17-8-6-16(7-9-17)30-23(34)19-5-4-12-28-24(19)37(35,36)18-10-11-20(26)21(27)13-18;/h4-5,10-14,16-17H,6-9H2,1-3H3,(H,30,34)(H,29,31,32);1H. The molecule has 1 saturated carbocycles. The van der Waals surface area contributed by atoms with E-state index in [2.05, 4.69) is 25.6 Å². The van der Waals surface area contributed by atoms with Crippen molar-refractivity contribution >= 4 is 39.9 Å². The smallest absolute Gasteiger partial charge is 0.254 e. The van der Waals surface area contributed by atoms with Gasteiger partial charge in [0.2, 0.25) is 15.8 Å². The SMILES string of the molecule is Cc1cnc(NC2CCC(NC(=O)c3cccnc3S(=O)(=O)c3ccc(F)c(F)c3)CC2)nc1N(C)C.Cl. The van der Waals surface area contributed by atoms with E-state index >= 15 is 0 Å². The Morgan fingerprint density at radius 3 is 2.37 bits per heavy atom. The predicted octanol–water partition coefficient (Wildman–Crippen LogP) is 3.93. The molecule has 38 heavy (non-hydrogen) atoms. The van der Waals surface area contributed by atoms with Crippen molar-refractivity contribution in [1.29, 1.82) is 0 Å². The van der Waals surface area contributed by atoms with Gasteiger partial charge >= 0.3 is 0 Å². The first kappa shape index (κ1) is 29.2. The summed E-state index contributed by atoms with van der Waals surface area (Å²) in [6.07, 6.45) is 5.85. The van der Waals surface area contributed by atoms with E-state index in [1.54, 1.807) is 6.20 Å². The van der Waals surface area contributed by atoms with E-state index in [4.69, 9.17) is 0 Å². The Kier molecular flexibility index (Phi) is 9.21. The molecule has 3 aromatic rings. The summed E-state index contributed by atoms with van der Waals surface area (Å²) in [7, 11) is -0.516. The molecule has 13 heteroatoms. The van der Waals surface area contributed by atoms with Crippen LogP contribution in [0.5, 0.6) is 0 Å². The highest BCUT2D eigenvalue weighted by Crippen LogP contribution is 2.26. The molecule has 0 aliphatic heterocycles. The molecule has 2 heterocycles. The Morgan fingerprint density at radius 2 is 1.71 bits per heavy atom. The second-order valence-corrected chi connectivity index (χ2v) is 11.1. The molecule has 4 rings (SSSR count). The van der Waals surface area contributed by atoms with Crippen LogP contribution in [-0.4, -0.2) is 55.5 Å². The Morgan fingerprint density at radius 1 is 1.03 bits per heavy atom. The van der Waals surface area contributed by atoms with Gasteiger partial charge in [0.05, 0.1) is 10.5 Å². The summed E-state index contributed by atoms with van der Waals surface area (Å²) in [5, 5.41) is 5.74. The van der Waals surface area contributed by atoms with Crippen LogP contribution in [0.3, 0.4) is 0 Å². The number of carbonyl (C=O) groups is 1. The van der Waals surface area contributed by atoms with Gasteiger partial charge in [-0.3, -0.25) is 4.79 Å². The zero-order valence-corrected chi connectivity index (χ0v) is 22.7. The molecule has 0 atom stereocenters. The third-order valence-corrected chi connectivity index (χ3v) is 7.94. The van der Waals surface area contributed by atoms with Crippen LogP contribution < -0.4 is 15.5 Å². The molecule has 0 radical (unpaired) electrons. The van der Waals surface area contributed by atoms with Crippen molar-refractivity contribution in [2.24, 2.45) is 0 Å². The van der Waals surface area contributed by atoms with E-state index < -0.39 is 37.3 Å². The van der Waals surface area contributed by atoms with Crippen LogP contribution in [0.25, 0.3) is 0 Å². The lowest BCUT2D eigenvalue weighted by molar-refractivity contribution is 0.0922. The fourth-order valence-electron chi connectivity index (χ4n) is 4.32. The minimum Gasteiger partial charge on any atom is -0.362 e. The molecule has 1 aliphatic rings. The van der Waals surface area contributed by atoms with Gasteiger partial charge in [0, 0.05) is 44.1 Å². The number of hydrogen-bond acceptors (Lipinski definition) is 8. The fraction of sp³-hybridized carbons (Fsp3) is 0.360. The first-order valence-electron chi connectivity index (χ1n) is 11.8. The summed E-state index contributed by atoms with van der Waals surface area (Å²) in [6.45, 7) is 1.95.